The minimum atomic E-state index is 0.658. The van der Waals surface area contributed by atoms with Crippen LogP contribution < -0.4 is 5.32 Å². The van der Waals surface area contributed by atoms with Gasteiger partial charge in [-0.2, -0.15) is 0 Å². The van der Waals surface area contributed by atoms with E-state index in [2.05, 4.69) is 46.5 Å². The molecule has 0 aliphatic carbocycles. The second kappa shape index (κ2) is 4.90. The summed E-state index contributed by atoms with van der Waals surface area (Å²) in [5.41, 5.74) is 3.08. The van der Waals surface area contributed by atoms with E-state index in [0.717, 1.165) is 34.2 Å². The van der Waals surface area contributed by atoms with Gasteiger partial charge in [0.1, 0.15) is 5.82 Å². The van der Waals surface area contributed by atoms with Crippen LogP contribution in [0.15, 0.2) is 30.5 Å². The maximum atomic E-state index is 4.71. The normalized spacial score (nSPS) is 11.3. The Balaban J connectivity index is 2.27. The zero-order valence-electron chi connectivity index (χ0n) is 11.1. The number of para-hydroxylation sites is 1. The summed E-state index contributed by atoms with van der Waals surface area (Å²) in [5, 5.41) is 5.19. The molecule has 0 atom stereocenters. The molecule has 0 unspecified atom stereocenters. The summed E-state index contributed by atoms with van der Waals surface area (Å²) in [4.78, 5) is 13.6. The first kappa shape index (κ1) is 12.0. The monoisotopic (exact) mass is 252 g/mol. The van der Waals surface area contributed by atoms with E-state index in [4.69, 9.17) is 4.98 Å². The van der Waals surface area contributed by atoms with Gasteiger partial charge in [0.2, 0.25) is 0 Å². The molecule has 19 heavy (non-hydrogen) atoms. The van der Waals surface area contributed by atoms with Gasteiger partial charge < -0.3 is 5.32 Å². The number of hydrogen-bond acceptors (Lipinski definition) is 4. The average molecular weight is 252 g/mol. The van der Waals surface area contributed by atoms with E-state index >= 15 is 0 Å². The molecule has 96 valence electrons. The maximum Gasteiger partial charge on any atom is 0.163 e. The summed E-state index contributed by atoms with van der Waals surface area (Å²) < 4.78 is 0. The number of aryl methyl sites for hydroxylation is 1. The zero-order chi connectivity index (χ0) is 13.2. The molecule has 4 heteroatoms. The van der Waals surface area contributed by atoms with Gasteiger partial charge in [0.05, 0.1) is 12.1 Å². The summed E-state index contributed by atoms with van der Waals surface area (Å²) in [7, 11) is 1.89. The van der Waals surface area contributed by atoms with Crippen LogP contribution in [0.25, 0.3) is 21.9 Å². The molecule has 1 N–H and O–H groups in total. The van der Waals surface area contributed by atoms with Crippen molar-refractivity contribution in [2.75, 3.05) is 7.05 Å². The van der Waals surface area contributed by atoms with Crippen molar-refractivity contribution in [2.45, 2.75) is 19.9 Å². The number of nitrogens with one attached hydrogen (secondary N) is 1. The third-order valence-corrected chi connectivity index (χ3v) is 3.24. The largest absolute Gasteiger partial charge is 0.313 e. The highest BCUT2D eigenvalue weighted by atomic mass is 15.0. The van der Waals surface area contributed by atoms with Gasteiger partial charge >= 0.3 is 0 Å². The molecule has 4 nitrogen and oxygen atoms in total. The summed E-state index contributed by atoms with van der Waals surface area (Å²) in [6, 6.07) is 8.39. The summed E-state index contributed by atoms with van der Waals surface area (Å²) in [5.74, 6) is 0.774. The first-order chi connectivity index (χ1) is 9.31. The van der Waals surface area contributed by atoms with Crippen LogP contribution in [0.3, 0.4) is 0 Å². The number of pyridine rings is 1. The molecule has 0 bridgehead atoms. The van der Waals surface area contributed by atoms with Crippen LogP contribution >= 0.6 is 0 Å². The Kier molecular flexibility index (Phi) is 3.09. The number of rotatable bonds is 3. The lowest BCUT2D eigenvalue weighted by Crippen LogP contribution is -2.09. The van der Waals surface area contributed by atoms with Crippen LogP contribution in [0.5, 0.6) is 0 Å². The Hall–Kier alpha value is -2.07. The number of nitrogens with zero attached hydrogens (tertiary/aromatic N) is 3. The number of benzene rings is 1. The third kappa shape index (κ3) is 2.15. The van der Waals surface area contributed by atoms with Gasteiger partial charge in [-0.25, -0.2) is 15.0 Å². The Morgan fingerprint density at radius 2 is 2.05 bits per heavy atom. The highest BCUT2D eigenvalue weighted by molar-refractivity contribution is 5.92. The summed E-state index contributed by atoms with van der Waals surface area (Å²) in [6.45, 7) is 2.80. The van der Waals surface area contributed by atoms with Crippen LogP contribution in [0.1, 0.15) is 18.3 Å². The smallest absolute Gasteiger partial charge is 0.163 e. The highest BCUT2D eigenvalue weighted by Crippen LogP contribution is 2.21. The lowest BCUT2D eigenvalue weighted by atomic mass is 10.1. The molecule has 0 fully saturated rings. The quantitative estimate of drug-likeness (QED) is 0.727. The van der Waals surface area contributed by atoms with Gasteiger partial charge in [0.15, 0.2) is 5.65 Å². The molecule has 3 aromatic rings. The molecule has 0 radical (unpaired) electrons. The standard InChI is InChI=1S/C15H16N4/c1-3-10-5-4-6-11-7-12-8-17-13(9-16-2)18-15(12)19-14(10)11/h4-8,16H,3,9H2,1-2H3. The van der Waals surface area contributed by atoms with Gasteiger partial charge in [-0.3, -0.25) is 0 Å². The Bertz CT molecular complexity index is 737. The molecule has 1 aromatic carbocycles. The van der Waals surface area contributed by atoms with Crippen molar-refractivity contribution in [1.82, 2.24) is 20.3 Å². The maximum absolute atomic E-state index is 4.71. The van der Waals surface area contributed by atoms with Crippen LogP contribution in [0.4, 0.5) is 0 Å². The molecule has 0 spiro atoms. The van der Waals surface area contributed by atoms with Crippen LogP contribution in [-0.4, -0.2) is 22.0 Å². The first-order valence-corrected chi connectivity index (χ1v) is 6.50. The lowest BCUT2D eigenvalue weighted by Gasteiger charge is -2.06. The molecule has 0 aliphatic rings. The van der Waals surface area contributed by atoms with Crippen LogP contribution in [-0.2, 0) is 13.0 Å². The number of aromatic nitrogens is 3. The predicted octanol–water partition coefficient (Wildman–Crippen LogP) is 2.46. The Morgan fingerprint density at radius 3 is 2.84 bits per heavy atom. The predicted molar refractivity (Wildman–Crippen MR) is 77.0 cm³/mol. The molecular formula is C15H16N4. The van der Waals surface area contributed by atoms with Crippen molar-refractivity contribution in [1.29, 1.82) is 0 Å². The first-order valence-electron chi connectivity index (χ1n) is 6.50. The molecule has 0 amide bonds. The van der Waals surface area contributed by atoms with Crippen molar-refractivity contribution in [3.63, 3.8) is 0 Å². The molecule has 0 aliphatic heterocycles. The minimum Gasteiger partial charge on any atom is -0.313 e. The SMILES string of the molecule is CCc1cccc2cc3cnc(CNC)nc3nc12. The number of hydrogen-bond donors (Lipinski definition) is 1. The molecule has 3 rings (SSSR count). The minimum absolute atomic E-state index is 0.658. The van der Waals surface area contributed by atoms with Gasteiger partial charge in [0.25, 0.3) is 0 Å². The second-order valence-electron chi connectivity index (χ2n) is 4.56. The highest BCUT2D eigenvalue weighted by Gasteiger charge is 2.06. The lowest BCUT2D eigenvalue weighted by molar-refractivity contribution is 0.763. The second-order valence-corrected chi connectivity index (χ2v) is 4.56. The van der Waals surface area contributed by atoms with Crippen molar-refractivity contribution < 1.29 is 0 Å². The van der Waals surface area contributed by atoms with E-state index in [1.165, 1.54) is 5.56 Å². The fourth-order valence-corrected chi connectivity index (χ4v) is 2.27. The van der Waals surface area contributed by atoms with Crippen molar-refractivity contribution in [3.8, 4) is 0 Å². The summed E-state index contributed by atoms with van der Waals surface area (Å²) in [6.07, 6.45) is 2.82. The zero-order valence-corrected chi connectivity index (χ0v) is 11.1. The Labute approximate surface area is 111 Å². The average Bonchev–Trinajstić information content (AvgIpc) is 2.45. The molecule has 2 aromatic heterocycles. The van der Waals surface area contributed by atoms with Gasteiger partial charge in [-0.05, 0) is 25.1 Å². The van der Waals surface area contributed by atoms with Gasteiger partial charge in [0, 0.05) is 17.0 Å². The van der Waals surface area contributed by atoms with E-state index in [1.54, 1.807) is 0 Å². The van der Waals surface area contributed by atoms with Crippen molar-refractivity contribution in [3.05, 3.63) is 41.9 Å². The third-order valence-electron chi connectivity index (χ3n) is 3.24. The van der Waals surface area contributed by atoms with Crippen LogP contribution in [0.2, 0.25) is 0 Å². The Morgan fingerprint density at radius 1 is 1.16 bits per heavy atom. The van der Waals surface area contributed by atoms with Crippen molar-refractivity contribution in [2.24, 2.45) is 0 Å². The van der Waals surface area contributed by atoms with E-state index in [9.17, 15) is 0 Å². The molecule has 0 saturated carbocycles. The van der Waals surface area contributed by atoms with Gasteiger partial charge in [-0.15, -0.1) is 0 Å². The summed E-state index contributed by atoms with van der Waals surface area (Å²) >= 11 is 0. The fraction of sp³-hybridized carbons (Fsp3) is 0.267. The van der Waals surface area contributed by atoms with E-state index < -0.39 is 0 Å². The number of fused-ring (bicyclic) bond motifs is 2. The topological polar surface area (TPSA) is 50.7 Å². The van der Waals surface area contributed by atoms with Crippen molar-refractivity contribution >= 4 is 21.9 Å². The van der Waals surface area contributed by atoms with Crippen LogP contribution in [0, 0.1) is 0 Å². The molecule has 0 saturated heterocycles. The molecular weight excluding hydrogens is 236 g/mol. The van der Waals surface area contributed by atoms with Gasteiger partial charge in [-0.1, -0.05) is 25.1 Å². The van der Waals surface area contributed by atoms with E-state index in [-0.39, 0.29) is 0 Å². The van der Waals surface area contributed by atoms with E-state index in [0.29, 0.717) is 6.54 Å². The van der Waals surface area contributed by atoms with E-state index in [1.807, 2.05) is 13.2 Å². The fourth-order valence-electron chi connectivity index (χ4n) is 2.27. The molecule has 2 heterocycles.